The van der Waals surface area contributed by atoms with Gasteiger partial charge in [-0.2, -0.15) is 4.98 Å². The van der Waals surface area contributed by atoms with Gasteiger partial charge in [0.1, 0.15) is 0 Å². The van der Waals surface area contributed by atoms with Gasteiger partial charge < -0.3 is 10.3 Å². The number of nitrogens with zero attached hydrogens (tertiary/aromatic N) is 2. The molecule has 1 fully saturated rings. The predicted molar refractivity (Wildman–Crippen MR) is 68.0 cm³/mol. The maximum absolute atomic E-state index is 5.97. The number of thiophene rings is 1. The van der Waals surface area contributed by atoms with Crippen molar-refractivity contribution >= 4 is 16.3 Å². The minimum absolute atomic E-state index is 0.139. The van der Waals surface area contributed by atoms with Gasteiger partial charge in [0.05, 0.1) is 10.6 Å². The molecule has 0 radical (unpaired) electrons. The zero-order chi connectivity index (χ0) is 12.0. The van der Waals surface area contributed by atoms with E-state index in [1.54, 1.807) is 11.3 Å². The molecule has 0 unspecified atom stereocenters. The molecule has 17 heavy (non-hydrogen) atoms. The Bertz CT molecular complexity index is 554. The molecule has 4 nitrogen and oxygen atoms in total. The molecule has 0 saturated heterocycles. The van der Waals surface area contributed by atoms with Gasteiger partial charge in [0.25, 0.3) is 5.89 Å². The minimum Gasteiger partial charge on any atom is -0.390 e. The summed E-state index contributed by atoms with van der Waals surface area (Å²) in [7, 11) is 0. The summed E-state index contributed by atoms with van der Waals surface area (Å²) in [6.45, 7) is 4.27. The van der Waals surface area contributed by atoms with E-state index in [0.29, 0.717) is 5.89 Å². The number of aromatic nitrogens is 2. The third kappa shape index (κ3) is 1.74. The second-order valence-corrected chi connectivity index (χ2v) is 6.00. The Labute approximate surface area is 104 Å². The summed E-state index contributed by atoms with van der Waals surface area (Å²) in [4.78, 5) is 5.72. The summed E-state index contributed by atoms with van der Waals surface area (Å²) < 4.78 is 5.32. The lowest BCUT2D eigenvalue weighted by Crippen LogP contribution is -2.01. The molecule has 2 aromatic rings. The summed E-state index contributed by atoms with van der Waals surface area (Å²) in [6.07, 6.45) is 3.27. The van der Waals surface area contributed by atoms with E-state index in [1.165, 1.54) is 4.88 Å². The molecular weight excluding hydrogens is 234 g/mol. The van der Waals surface area contributed by atoms with Gasteiger partial charge in [0.2, 0.25) is 0 Å². The van der Waals surface area contributed by atoms with Gasteiger partial charge in [-0.15, -0.1) is 11.3 Å². The van der Waals surface area contributed by atoms with Crippen LogP contribution in [0.5, 0.6) is 0 Å². The molecule has 0 aliphatic heterocycles. The quantitative estimate of drug-likeness (QED) is 0.908. The molecule has 0 amide bonds. The smallest absolute Gasteiger partial charge is 0.260 e. The van der Waals surface area contributed by atoms with Gasteiger partial charge in [0.15, 0.2) is 5.82 Å². The molecule has 0 bridgehead atoms. The van der Waals surface area contributed by atoms with Crippen LogP contribution in [0.2, 0.25) is 0 Å². The van der Waals surface area contributed by atoms with Crippen molar-refractivity contribution in [3.8, 4) is 11.5 Å². The van der Waals surface area contributed by atoms with Gasteiger partial charge in [-0.3, -0.25) is 0 Å². The highest BCUT2D eigenvalue weighted by molar-refractivity contribution is 7.16. The topological polar surface area (TPSA) is 64.9 Å². The van der Waals surface area contributed by atoms with Gasteiger partial charge in [-0.05, 0) is 25.3 Å². The zero-order valence-corrected chi connectivity index (χ0v) is 10.8. The molecular formula is C12H15N3OS. The summed E-state index contributed by atoms with van der Waals surface area (Å²) in [5, 5.41) is 4.83. The molecule has 1 saturated carbocycles. The number of aryl methyl sites for hydroxylation is 1. The van der Waals surface area contributed by atoms with Crippen LogP contribution in [0, 0.1) is 0 Å². The SMILES string of the molecule is CCc1cc(-c2nc(C3(C)CC3)no2)c(N)s1. The van der Waals surface area contributed by atoms with Crippen LogP contribution in [0.4, 0.5) is 5.00 Å². The van der Waals surface area contributed by atoms with Crippen molar-refractivity contribution in [2.45, 2.75) is 38.5 Å². The maximum atomic E-state index is 5.97. The van der Waals surface area contributed by atoms with E-state index in [-0.39, 0.29) is 5.41 Å². The van der Waals surface area contributed by atoms with E-state index in [1.807, 2.05) is 6.07 Å². The number of rotatable bonds is 3. The van der Waals surface area contributed by atoms with Crippen LogP contribution < -0.4 is 5.73 Å². The standard InChI is InChI=1S/C12H15N3OS/c1-3-7-6-8(9(13)17-7)10-14-11(15-16-10)12(2)4-5-12/h6H,3-5,13H2,1-2H3. The van der Waals surface area contributed by atoms with E-state index >= 15 is 0 Å². The van der Waals surface area contributed by atoms with Gasteiger partial charge in [-0.25, -0.2) is 0 Å². The number of hydrogen-bond acceptors (Lipinski definition) is 5. The molecule has 1 aliphatic rings. The lowest BCUT2D eigenvalue weighted by Gasteiger charge is -1.97. The lowest BCUT2D eigenvalue weighted by molar-refractivity contribution is 0.416. The van der Waals surface area contributed by atoms with Crippen molar-refractivity contribution in [3.63, 3.8) is 0 Å². The van der Waals surface area contributed by atoms with Crippen LogP contribution in [0.15, 0.2) is 10.6 Å². The first-order valence-corrected chi connectivity index (χ1v) is 6.67. The second-order valence-electron chi connectivity index (χ2n) is 4.83. The zero-order valence-electron chi connectivity index (χ0n) is 9.99. The first-order valence-electron chi connectivity index (χ1n) is 5.85. The predicted octanol–water partition coefficient (Wildman–Crippen LogP) is 2.99. The second kappa shape index (κ2) is 3.57. The Balaban J connectivity index is 1.97. The van der Waals surface area contributed by atoms with Gasteiger partial charge in [0, 0.05) is 10.3 Å². The molecule has 2 aromatic heterocycles. The van der Waals surface area contributed by atoms with Crippen LogP contribution in [-0.2, 0) is 11.8 Å². The summed E-state index contributed by atoms with van der Waals surface area (Å²) in [5.41, 5.74) is 7.00. The molecule has 0 atom stereocenters. The van der Waals surface area contributed by atoms with E-state index < -0.39 is 0 Å². The normalized spacial score (nSPS) is 17.3. The fourth-order valence-corrected chi connectivity index (χ4v) is 2.65. The van der Waals surface area contributed by atoms with Crippen LogP contribution >= 0.6 is 11.3 Å². The average molecular weight is 249 g/mol. The Morgan fingerprint density at radius 3 is 2.88 bits per heavy atom. The molecule has 0 aromatic carbocycles. The summed E-state index contributed by atoms with van der Waals surface area (Å²) in [6, 6.07) is 2.05. The van der Waals surface area contributed by atoms with Crippen LogP contribution in [-0.4, -0.2) is 10.1 Å². The highest BCUT2D eigenvalue weighted by Gasteiger charge is 2.43. The third-order valence-electron chi connectivity index (χ3n) is 3.36. The molecule has 2 heterocycles. The summed E-state index contributed by atoms with van der Waals surface area (Å²) in [5.74, 6) is 1.37. The van der Waals surface area contributed by atoms with Crippen molar-refractivity contribution in [2.75, 3.05) is 5.73 Å². The number of nitrogen functional groups attached to an aromatic ring is 1. The number of hydrogen-bond donors (Lipinski definition) is 1. The monoisotopic (exact) mass is 249 g/mol. The average Bonchev–Trinajstić information content (AvgIpc) is 2.80. The Morgan fingerprint density at radius 2 is 2.29 bits per heavy atom. The minimum atomic E-state index is 0.139. The van der Waals surface area contributed by atoms with Crippen molar-refractivity contribution in [1.82, 2.24) is 10.1 Å². The van der Waals surface area contributed by atoms with E-state index in [9.17, 15) is 0 Å². The fraction of sp³-hybridized carbons (Fsp3) is 0.500. The van der Waals surface area contributed by atoms with E-state index in [2.05, 4.69) is 24.0 Å². The van der Waals surface area contributed by atoms with Crippen LogP contribution in [0.3, 0.4) is 0 Å². The van der Waals surface area contributed by atoms with E-state index in [0.717, 1.165) is 35.7 Å². The first kappa shape index (κ1) is 10.8. The molecule has 3 rings (SSSR count). The Hall–Kier alpha value is -1.36. The first-order chi connectivity index (χ1) is 8.12. The molecule has 0 spiro atoms. The highest BCUT2D eigenvalue weighted by atomic mass is 32.1. The highest BCUT2D eigenvalue weighted by Crippen LogP contribution is 2.46. The number of nitrogens with two attached hydrogens (primary N) is 1. The molecule has 2 N–H and O–H groups in total. The van der Waals surface area contributed by atoms with Crippen molar-refractivity contribution in [1.29, 1.82) is 0 Å². The van der Waals surface area contributed by atoms with Crippen molar-refractivity contribution in [2.24, 2.45) is 0 Å². The van der Waals surface area contributed by atoms with Gasteiger partial charge in [-0.1, -0.05) is 19.0 Å². The lowest BCUT2D eigenvalue weighted by atomic mass is 10.1. The Kier molecular flexibility index (Phi) is 2.26. The Morgan fingerprint density at radius 1 is 1.53 bits per heavy atom. The maximum Gasteiger partial charge on any atom is 0.260 e. The summed E-state index contributed by atoms with van der Waals surface area (Å²) >= 11 is 1.59. The third-order valence-corrected chi connectivity index (χ3v) is 4.47. The van der Waals surface area contributed by atoms with Gasteiger partial charge >= 0.3 is 0 Å². The molecule has 1 aliphatic carbocycles. The number of anilines is 1. The molecule has 90 valence electrons. The largest absolute Gasteiger partial charge is 0.390 e. The van der Waals surface area contributed by atoms with Crippen LogP contribution in [0.1, 0.15) is 37.4 Å². The van der Waals surface area contributed by atoms with Crippen molar-refractivity contribution < 1.29 is 4.52 Å². The molecule has 5 heteroatoms. The van der Waals surface area contributed by atoms with Crippen LogP contribution in [0.25, 0.3) is 11.5 Å². The fourth-order valence-electron chi connectivity index (χ4n) is 1.79. The van der Waals surface area contributed by atoms with E-state index in [4.69, 9.17) is 10.3 Å². The van der Waals surface area contributed by atoms with Crippen molar-refractivity contribution in [3.05, 3.63) is 16.8 Å².